The van der Waals surface area contributed by atoms with E-state index in [1.807, 2.05) is 30.3 Å². The summed E-state index contributed by atoms with van der Waals surface area (Å²) in [6, 6.07) is 17.0. The summed E-state index contributed by atoms with van der Waals surface area (Å²) in [5.41, 5.74) is 1.68. The lowest BCUT2D eigenvalue weighted by Gasteiger charge is -2.31. The van der Waals surface area contributed by atoms with Crippen LogP contribution in [0.2, 0.25) is 0 Å². The molecule has 0 spiro atoms. The Balaban J connectivity index is 1.55. The fourth-order valence-corrected chi connectivity index (χ4v) is 4.67. The normalized spacial score (nSPS) is 15.5. The van der Waals surface area contributed by atoms with E-state index in [-0.39, 0.29) is 16.9 Å². The Morgan fingerprint density at radius 2 is 1.67 bits per heavy atom. The van der Waals surface area contributed by atoms with Gasteiger partial charge < -0.3 is 9.64 Å². The van der Waals surface area contributed by atoms with Crippen molar-refractivity contribution in [3.8, 4) is 5.75 Å². The zero-order chi connectivity index (χ0) is 19.3. The van der Waals surface area contributed by atoms with Crippen LogP contribution in [0.5, 0.6) is 5.75 Å². The van der Waals surface area contributed by atoms with Gasteiger partial charge in [0.05, 0.1) is 5.25 Å². The van der Waals surface area contributed by atoms with E-state index < -0.39 is 9.84 Å². The largest absolute Gasteiger partial charge is 0.489 e. The van der Waals surface area contributed by atoms with Crippen LogP contribution in [0.3, 0.4) is 0 Å². The summed E-state index contributed by atoms with van der Waals surface area (Å²) in [7, 11) is -3.02. The third-order valence-electron chi connectivity index (χ3n) is 4.99. The van der Waals surface area contributed by atoms with Gasteiger partial charge in [-0.2, -0.15) is 0 Å². The number of amides is 1. The molecule has 5 nitrogen and oxygen atoms in total. The van der Waals surface area contributed by atoms with Crippen molar-refractivity contribution in [2.24, 2.45) is 0 Å². The average molecular weight is 388 g/mol. The predicted molar refractivity (Wildman–Crippen MR) is 106 cm³/mol. The van der Waals surface area contributed by atoms with Crippen LogP contribution < -0.4 is 4.74 Å². The number of piperidine rings is 1. The van der Waals surface area contributed by atoms with Crippen molar-refractivity contribution in [1.82, 2.24) is 4.90 Å². The number of likely N-dealkylation sites (tertiary alicyclic amines) is 1. The first kappa shape index (κ1) is 19.4. The first-order chi connectivity index (χ1) is 13.0. The molecule has 0 saturated carbocycles. The maximum absolute atomic E-state index is 12.7. The number of sulfone groups is 1. The summed E-state index contributed by atoms with van der Waals surface area (Å²) in [6.07, 6.45) is 1.03. The summed E-state index contributed by atoms with van der Waals surface area (Å²) < 4.78 is 29.7. The van der Waals surface area contributed by atoms with E-state index in [4.69, 9.17) is 4.74 Å². The maximum Gasteiger partial charge on any atom is 0.253 e. The fraction of sp³-hybridized carbons (Fsp3) is 0.381. The molecule has 1 aliphatic heterocycles. The Labute approximate surface area is 160 Å². The van der Waals surface area contributed by atoms with Gasteiger partial charge in [-0.25, -0.2) is 8.42 Å². The van der Waals surface area contributed by atoms with Crippen LogP contribution >= 0.6 is 0 Å². The molecule has 144 valence electrons. The van der Waals surface area contributed by atoms with Crippen molar-refractivity contribution >= 4 is 15.7 Å². The third-order valence-corrected chi connectivity index (χ3v) is 7.28. The van der Waals surface area contributed by atoms with E-state index in [2.05, 4.69) is 0 Å². The molecule has 0 unspecified atom stereocenters. The second-order valence-electron chi connectivity index (χ2n) is 6.74. The molecule has 0 aromatic heterocycles. The van der Waals surface area contributed by atoms with Crippen LogP contribution in [0.4, 0.5) is 0 Å². The van der Waals surface area contributed by atoms with Crippen molar-refractivity contribution in [3.05, 3.63) is 65.7 Å². The van der Waals surface area contributed by atoms with Gasteiger partial charge in [-0.15, -0.1) is 0 Å². The number of hydrogen-bond donors (Lipinski definition) is 0. The molecule has 0 aliphatic carbocycles. The zero-order valence-electron chi connectivity index (χ0n) is 15.5. The van der Waals surface area contributed by atoms with Crippen LogP contribution in [-0.2, 0) is 16.4 Å². The van der Waals surface area contributed by atoms with Crippen LogP contribution in [0, 0.1) is 0 Å². The molecule has 6 heteroatoms. The maximum atomic E-state index is 12.7. The summed E-state index contributed by atoms with van der Waals surface area (Å²) in [5.74, 6) is 0.816. The van der Waals surface area contributed by atoms with E-state index >= 15 is 0 Å². The van der Waals surface area contributed by atoms with E-state index in [0.717, 1.165) is 5.56 Å². The smallest absolute Gasteiger partial charge is 0.253 e. The van der Waals surface area contributed by atoms with Crippen molar-refractivity contribution in [2.75, 3.05) is 18.8 Å². The van der Waals surface area contributed by atoms with E-state index in [0.29, 0.717) is 43.9 Å². The number of carbonyl (C=O) groups is 1. The van der Waals surface area contributed by atoms with Crippen LogP contribution in [-0.4, -0.2) is 43.3 Å². The van der Waals surface area contributed by atoms with Gasteiger partial charge >= 0.3 is 0 Å². The summed E-state index contributed by atoms with van der Waals surface area (Å²) >= 11 is 0. The molecule has 1 saturated heterocycles. The molecule has 1 amide bonds. The molecule has 2 aromatic rings. The highest BCUT2D eigenvalue weighted by Gasteiger charge is 2.30. The average Bonchev–Trinajstić information content (AvgIpc) is 2.73. The minimum Gasteiger partial charge on any atom is -0.489 e. The highest BCUT2D eigenvalue weighted by atomic mass is 32.2. The number of benzene rings is 2. The second kappa shape index (κ2) is 8.57. The Kier molecular flexibility index (Phi) is 6.16. The molecule has 0 radical (unpaired) electrons. The van der Waals surface area contributed by atoms with Gasteiger partial charge in [0.25, 0.3) is 5.91 Å². The molecule has 0 bridgehead atoms. The van der Waals surface area contributed by atoms with Gasteiger partial charge in [-0.05, 0) is 42.7 Å². The number of ether oxygens (including phenoxy) is 1. The number of hydrogen-bond acceptors (Lipinski definition) is 4. The fourth-order valence-electron chi connectivity index (χ4n) is 3.27. The number of rotatable bonds is 6. The van der Waals surface area contributed by atoms with Crippen molar-refractivity contribution < 1.29 is 17.9 Å². The molecule has 1 fully saturated rings. The SMILES string of the molecule is CCS(=O)(=O)C1CCN(C(=O)c2ccc(OCc3ccccc3)cc2)CC1. The van der Waals surface area contributed by atoms with Gasteiger partial charge in [0.15, 0.2) is 9.84 Å². The van der Waals surface area contributed by atoms with Crippen molar-refractivity contribution in [3.63, 3.8) is 0 Å². The Hall–Kier alpha value is -2.34. The van der Waals surface area contributed by atoms with Gasteiger partial charge in [-0.3, -0.25) is 4.79 Å². The standard InChI is InChI=1S/C21H25NO4S/c1-2-27(24,25)20-12-14-22(15-13-20)21(23)18-8-10-19(11-9-18)26-16-17-6-4-3-5-7-17/h3-11,20H,2,12-16H2,1H3. The lowest BCUT2D eigenvalue weighted by Crippen LogP contribution is -2.42. The number of carbonyl (C=O) groups excluding carboxylic acids is 1. The quantitative estimate of drug-likeness (QED) is 0.763. The molecule has 0 N–H and O–H groups in total. The second-order valence-corrected chi connectivity index (χ2v) is 9.31. The molecular weight excluding hydrogens is 362 g/mol. The van der Waals surface area contributed by atoms with Gasteiger partial charge in [0.2, 0.25) is 0 Å². The van der Waals surface area contributed by atoms with E-state index in [9.17, 15) is 13.2 Å². The topological polar surface area (TPSA) is 63.7 Å². The van der Waals surface area contributed by atoms with Gasteiger partial charge in [0.1, 0.15) is 12.4 Å². The molecule has 3 rings (SSSR count). The molecule has 27 heavy (non-hydrogen) atoms. The zero-order valence-corrected chi connectivity index (χ0v) is 16.3. The van der Waals surface area contributed by atoms with Crippen LogP contribution in [0.15, 0.2) is 54.6 Å². The molecule has 0 atom stereocenters. The summed E-state index contributed by atoms with van der Waals surface area (Å²) in [4.78, 5) is 14.4. The van der Waals surface area contributed by atoms with E-state index in [1.165, 1.54) is 0 Å². The van der Waals surface area contributed by atoms with Crippen molar-refractivity contribution in [2.45, 2.75) is 31.6 Å². The minimum absolute atomic E-state index is 0.0584. The highest BCUT2D eigenvalue weighted by Crippen LogP contribution is 2.21. The first-order valence-electron chi connectivity index (χ1n) is 9.27. The summed E-state index contributed by atoms with van der Waals surface area (Å²) in [6.45, 7) is 3.12. The van der Waals surface area contributed by atoms with Crippen molar-refractivity contribution in [1.29, 1.82) is 0 Å². The Bertz CT molecular complexity index is 855. The highest BCUT2D eigenvalue weighted by molar-refractivity contribution is 7.92. The first-order valence-corrected chi connectivity index (χ1v) is 11.0. The van der Waals surface area contributed by atoms with Crippen LogP contribution in [0.1, 0.15) is 35.7 Å². The molecule has 2 aromatic carbocycles. The van der Waals surface area contributed by atoms with Crippen LogP contribution in [0.25, 0.3) is 0 Å². The molecule has 1 heterocycles. The van der Waals surface area contributed by atoms with Gasteiger partial charge in [0, 0.05) is 24.4 Å². The van der Waals surface area contributed by atoms with Gasteiger partial charge in [-0.1, -0.05) is 37.3 Å². The number of nitrogens with zero attached hydrogens (tertiary/aromatic N) is 1. The lowest BCUT2D eigenvalue weighted by molar-refractivity contribution is 0.0725. The molecular formula is C21H25NO4S. The Morgan fingerprint density at radius 1 is 1.04 bits per heavy atom. The predicted octanol–water partition coefficient (Wildman–Crippen LogP) is 3.30. The Morgan fingerprint density at radius 3 is 2.26 bits per heavy atom. The van der Waals surface area contributed by atoms with E-state index in [1.54, 1.807) is 36.1 Å². The minimum atomic E-state index is -3.02. The molecule has 1 aliphatic rings. The lowest BCUT2D eigenvalue weighted by atomic mass is 10.1. The summed E-state index contributed by atoms with van der Waals surface area (Å²) in [5, 5.41) is -0.319. The third kappa shape index (κ3) is 4.89. The monoisotopic (exact) mass is 387 g/mol.